The van der Waals surface area contributed by atoms with E-state index in [9.17, 15) is 13.2 Å². The van der Waals surface area contributed by atoms with Crippen LogP contribution in [-0.4, -0.2) is 21.9 Å². The second kappa shape index (κ2) is 5.99. The molecular formula is C15H11F3N4O. The molecule has 0 aliphatic carbocycles. The smallest absolute Gasteiger partial charge is 0.246 e. The molecule has 3 rings (SSSR count). The van der Waals surface area contributed by atoms with Gasteiger partial charge in [0.15, 0.2) is 11.6 Å². The first-order valence-corrected chi connectivity index (χ1v) is 6.54. The lowest BCUT2D eigenvalue weighted by Gasteiger charge is -2.06. The van der Waals surface area contributed by atoms with Crippen molar-refractivity contribution in [1.82, 2.24) is 14.8 Å². The van der Waals surface area contributed by atoms with Gasteiger partial charge >= 0.3 is 0 Å². The van der Waals surface area contributed by atoms with Gasteiger partial charge in [0.2, 0.25) is 5.95 Å². The van der Waals surface area contributed by atoms with Crippen molar-refractivity contribution in [1.29, 1.82) is 0 Å². The van der Waals surface area contributed by atoms with Crippen LogP contribution in [0.1, 0.15) is 0 Å². The van der Waals surface area contributed by atoms with Crippen LogP contribution in [0.15, 0.2) is 42.7 Å². The quantitative estimate of drug-likeness (QED) is 0.800. The molecule has 23 heavy (non-hydrogen) atoms. The number of methoxy groups -OCH3 is 1. The van der Waals surface area contributed by atoms with Gasteiger partial charge in [0.1, 0.15) is 18.0 Å². The minimum atomic E-state index is -0.715. The number of nitrogens with one attached hydrogen (secondary N) is 1. The second-order valence-electron chi connectivity index (χ2n) is 4.61. The van der Waals surface area contributed by atoms with E-state index >= 15 is 0 Å². The van der Waals surface area contributed by atoms with Crippen molar-refractivity contribution in [3.63, 3.8) is 0 Å². The predicted octanol–water partition coefficient (Wildman–Crippen LogP) is 3.44. The third kappa shape index (κ3) is 3.25. The van der Waals surface area contributed by atoms with Gasteiger partial charge < -0.3 is 10.1 Å². The number of aromatic nitrogens is 3. The zero-order valence-electron chi connectivity index (χ0n) is 11.9. The standard InChI is InChI=1S/C15H11F3N4O/c1-23-14-7-11(2-3-13(14)18)20-15-19-8-22(21-15)12-5-9(16)4-10(17)6-12/h2-8H,1H3,(H,20,21). The van der Waals surface area contributed by atoms with Gasteiger partial charge in [0.25, 0.3) is 0 Å². The number of hydrogen-bond acceptors (Lipinski definition) is 4. The van der Waals surface area contributed by atoms with Crippen LogP contribution in [-0.2, 0) is 0 Å². The van der Waals surface area contributed by atoms with E-state index in [-0.39, 0.29) is 17.4 Å². The minimum absolute atomic E-state index is 0.0710. The highest BCUT2D eigenvalue weighted by molar-refractivity contribution is 5.56. The molecule has 0 spiro atoms. The Morgan fingerprint density at radius 1 is 1.04 bits per heavy atom. The normalized spacial score (nSPS) is 10.6. The number of benzene rings is 2. The largest absolute Gasteiger partial charge is 0.494 e. The molecule has 0 amide bonds. The highest BCUT2D eigenvalue weighted by atomic mass is 19.1. The van der Waals surface area contributed by atoms with Crippen molar-refractivity contribution in [3.8, 4) is 11.4 Å². The molecule has 0 radical (unpaired) electrons. The van der Waals surface area contributed by atoms with Gasteiger partial charge in [-0.25, -0.2) is 17.9 Å². The van der Waals surface area contributed by atoms with Crippen molar-refractivity contribution in [2.75, 3.05) is 12.4 Å². The molecule has 0 atom stereocenters. The lowest BCUT2D eigenvalue weighted by atomic mass is 10.3. The van der Waals surface area contributed by atoms with E-state index in [1.54, 1.807) is 0 Å². The molecule has 5 nitrogen and oxygen atoms in total. The molecule has 0 fully saturated rings. The van der Waals surface area contributed by atoms with E-state index in [4.69, 9.17) is 4.74 Å². The van der Waals surface area contributed by atoms with Gasteiger partial charge in [-0.3, -0.25) is 0 Å². The summed E-state index contributed by atoms with van der Waals surface area (Å²) in [6.45, 7) is 0. The van der Waals surface area contributed by atoms with E-state index in [2.05, 4.69) is 15.4 Å². The number of rotatable bonds is 4. The first-order chi connectivity index (χ1) is 11.0. The summed E-state index contributed by atoms with van der Waals surface area (Å²) in [7, 11) is 1.35. The van der Waals surface area contributed by atoms with E-state index in [0.29, 0.717) is 5.69 Å². The van der Waals surface area contributed by atoms with Gasteiger partial charge in [-0.1, -0.05) is 0 Å². The maximum Gasteiger partial charge on any atom is 0.246 e. The topological polar surface area (TPSA) is 52.0 Å². The molecule has 1 heterocycles. The van der Waals surface area contributed by atoms with Crippen LogP contribution in [0.3, 0.4) is 0 Å². The SMILES string of the molecule is COc1cc(Nc2ncn(-c3cc(F)cc(F)c3)n2)ccc1F. The third-order valence-corrected chi connectivity index (χ3v) is 3.01. The predicted molar refractivity (Wildman–Crippen MR) is 77.5 cm³/mol. The molecular weight excluding hydrogens is 309 g/mol. The Hall–Kier alpha value is -3.03. The molecule has 8 heteroatoms. The molecule has 118 valence electrons. The van der Waals surface area contributed by atoms with Crippen LogP contribution < -0.4 is 10.1 Å². The van der Waals surface area contributed by atoms with Crippen LogP contribution in [0.4, 0.5) is 24.8 Å². The van der Waals surface area contributed by atoms with Crippen molar-refractivity contribution in [3.05, 3.63) is 60.2 Å². The van der Waals surface area contributed by atoms with Crippen molar-refractivity contribution < 1.29 is 17.9 Å². The van der Waals surface area contributed by atoms with Crippen LogP contribution >= 0.6 is 0 Å². The fraction of sp³-hybridized carbons (Fsp3) is 0.0667. The zero-order chi connectivity index (χ0) is 16.4. The minimum Gasteiger partial charge on any atom is -0.494 e. The number of halogens is 3. The first-order valence-electron chi connectivity index (χ1n) is 6.54. The summed E-state index contributed by atoms with van der Waals surface area (Å²) in [5.74, 6) is -1.67. The molecule has 0 aliphatic heterocycles. The zero-order valence-corrected chi connectivity index (χ0v) is 11.9. The summed E-state index contributed by atoms with van der Waals surface area (Å²) in [4.78, 5) is 3.99. The lowest BCUT2D eigenvalue weighted by Crippen LogP contribution is -1.99. The van der Waals surface area contributed by atoms with E-state index in [1.165, 1.54) is 36.3 Å². The van der Waals surface area contributed by atoms with Crippen molar-refractivity contribution >= 4 is 11.6 Å². The summed E-state index contributed by atoms with van der Waals surface area (Å²) in [5.41, 5.74) is 0.700. The Labute approximate surface area is 129 Å². The van der Waals surface area contributed by atoms with Crippen LogP contribution in [0.2, 0.25) is 0 Å². The molecule has 0 bridgehead atoms. The number of nitrogens with zero attached hydrogens (tertiary/aromatic N) is 3. The van der Waals surface area contributed by atoms with Crippen molar-refractivity contribution in [2.45, 2.75) is 0 Å². The van der Waals surface area contributed by atoms with Gasteiger partial charge in [0.05, 0.1) is 12.8 Å². The van der Waals surface area contributed by atoms with Crippen LogP contribution in [0.5, 0.6) is 5.75 Å². The number of hydrogen-bond donors (Lipinski definition) is 1. The van der Waals surface area contributed by atoms with E-state index in [0.717, 1.165) is 18.2 Å². The van der Waals surface area contributed by atoms with E-state index in [1.807, 2.05) is 0 Å². The van der Waals surface area contributed by atoms with Crippen LogP contribution in [0.25, 0.3) is 5.69 Å². The average Bonchev–Trinajstić information content (AvgIpc) is 2.97. The summed E-state index contributed by atoms with van der Waals surface area (Å²) in [6, 6.07) is 7.19. The lowest BCUT2D eigenvalue weighted by molar-refractivity contribution is 0.387. The molecule has 0 saturated carbocycles. The fourth-order valence-corrected chi connectivity index (χ4v) is 1.98. The maximum atomic E-state index is 13.4. The van der Waals surface area contributed by atoms with Crippen LogP contribution in [0, 0.1) is 17.5 Å². The van der Waals surface area contributed by atoms with Gasteiger partial charge in [-0.05, 0) is 24.3 Å². The highest BCUT2D eigenvalue weighted by Gasteiger charge is 2.08. The van der Waals surface area contributed by atoms with Gasteiger partial charge in [-0.2, -0.15) is 4.98 Å². The molecule has 0 saturated heterocycles. The highest BCUT2D eigenvalue weighted by Crippen LogP contribution is 2.23. The Balaban J connectivity index is 1.85. The molecule has 1 N–H and O–H groups in total. The molecule has 0 unspecified atom stereocenters. The monoisotopic (exact) mass is 320 g/mol. The Kier molecular flexibility index (Phi) is 3.88. The summed E-state index contributed by atoms with van der Waals surface area (Å²) in [6.07, 6.45) is 1.30. The molecule has 0 aliphatic rings. The van der Waals surface area contributed by atoms with Crippen molar-refractivity contribution in [2.24, 2.45) is 0 Å². The third-order valence-electron chi connectivity index (χ3n) is 3.01. The molecule has 2 aromatic carbocycles. The van der Waals surface area contributed by atoms with Gasteiger partial charge in [-0.15, -0.1) is 5.10 Å². The molecule has 1 aromatic heterocycles. The Bertz CT molecular complexity index is 830. The fourth-order valence-electron chi connectivity index (χ4n) is 1.98. The maximum absolute atomic E-state index is 13.4. The second-order valence-corrected chi connectivity index (χ2v) is 4.61. The average molecular weight is 320 g/mol. The van der Waals surface area contributed by atoms with Gasteiger partial charge in [0, 0.05) is 17.8 Å². The number of anilines is 2. The summed E-state index contributed by atoms with van der Waals surface area (Å²) in [5, 5.41) is 6.91. The Morgan fingerprint density at radius 2 is 1.78 bits per heavy atom. The number of ether oxygens (including phenoxy) is 1. The summed E-state index contributed by atoms with van der Waals surface area (Å²) < 4.78 is 45.9. The van der Waals surface area contributed by atoms with E-state index < -0.39 is 17.5 Å². The Morgan fingerprint density at radius 3 is 2.48 bits per heavy atom. The summed E-state index contributed by atoms with van der Waals surface area (Å²) >= 11 is 0. The molecule has 3 aromatic rings. The first kappa shape index (κ1) is 14.9.